The van der Waals surface area contributed by atoms with Crippen LogP contribution < -0.4 is 37.2 Å². The molecule has 2 aromatic carbocycles. The minimum atomic E-state index is 0. The van der Waals surface area contributed by atoms with Gasteiger partial charge in [-0.25, -0.2) is 0 Å². The number of hydrogen-bond acceptors (Lipinski definition) is 1. The van der Waals surface area contributed by atoms with Gasteiger partial charge in [-0.3, -0.25) is 0 Å². The van der Waals surface area contributed by atoms with E-state index in [1.54, 1.807) is 0 Å². The van der Waals surface area contributed by atoms with Crippen molar-refractivity contribution in [1.29, 1.82) is 0 Å². The van der Waals surface area contributed by atoms with E-state index in [0.717, 1.165) is 11.1 Å². The first kappa shape index (κ1) is 27.1. The number of hydrogen-bond donors (Lipinski definition) is 1. The normalized spacial score (nSPS) is 7.00. The molecule has 0 aliphatic heterocycles. The van der Waals surface area contributed by atoms with Gasteiger partial charge in [-0.2, -0.15) is 24.6 Å². The van der Waals surface area contributed by atoms with E-state index in [1.807, 2.05) is 60.7 Å². The first-order valence-corrected chi connectivity index (χ1v) is 4.84. The van der Waals surface area contributed by atoms with Crippen LogP contribution in [0, 0.1) is 6.92 Å². The van der Waals surface area contributed by atoms with Crippen molar-refractivity contribution in [2.75, 3.05) is 0 Å². The third-order valence-corrected chi connectivity index (χ3v) is 1.87. The van der Waals surface area contributed by atoms with Crippen LogP contribution in [0.1, 0.15) is 11.1 Å². The summed E-state index contributed by atoms with van der Waals surface area (Å²) in [5, 5.41) is 8.54. The van der Waals surface area contributed by atoms with Crippen LogP contribution in [-0.2, 0) is 25.2 Å². The third-order valence-electron chi connectivity index (χ3n) is 1.87. The summed E-state index contributed by atoms with van der Waals surface area (Å²) in [6, 6.07) is 19.4. The van der Waals surface area contributed by atoms with Gasteiger partial charge >= 0.3 is 18.6 Å². The molecule has 2 aromatic rings. The van der Waals surface area contributed by atoms with Crippen molar-refractivity contribution in [1.82, 2.24) is 0 Å². The van der Waals surface area contributed by atoms with Gasteiger partial charge in [-0.05, 0) is 5.56 Å². The summed E-state index contributed by atoms with van der Waals surface area (Å²) in [5.41, 5.74) is 2.04. The quantitative estimate of drug-likeness (QED) is 0.505. The SMILES string of the molecule is OCc1ccccc1.[CH2-]c1ccccc1.[Cl-].[Cl-].[Cl-].[V+4]. The zero-order chi connectivity index (χ0) is 10.9. The Morgan fingerprint density at radius 3 is 1.32 bits per heavy atom. The number of rotatable bonds is 1. The maximum Gasteiger partial charge on any atom is 4.00 e. The summed E-state index contributed by atoms with van der Waals surface area (Å²) in [4.78, 5) is 0. The molecule has 0 aromatic heterocycles. The molecule has 1 nitrogen and oxygen atoms in total. The molecule has 0 aliphatic carbocycles. The zero-order valence-corrected chi connectivity index (χ0v) is 13.9. The molecule has 0 bridgehead atoms. The van der Waals surface area contributed by atoms with Gasteiger partial charge in [-0.1, -0.05) is 36.4 Å². The smallest absolute Gasteiger partial charge is 1.00 e. The summed E-state index contributed by atoms with van der Waals surface area (Å²) in [6.45, 7) is 3.86. The Bertz CT molecular complexity index is 371. The Hall–Kier alpha value is -0.276. The first-order valence-electron chi connectivity index (χ1n) is 4.84. The summed E-state index contributed by atoms with van der Waals surface area (Å²) in [5.74, 6) is 0. The average molecular weight is 357 g/mol. The summed E-state index contributed by atoms with van der Waals surface area (Å²) in [6.07, 6.45) is 0. The number of aliphatic hydroxyl groups excluding tert-OH is 1. The molecule has 0 spiro atoms. The Morgan fingerprint density at radius 2 is 1.11 bits per heavy atom. The predicted molar refractivity (Wildman–Crippen MR) is 63.3 cm³/mol. The Kier molecular flexibility index (Phi) is 25.3. The summed E-state index contributed by atoms with van der Waals surface area (Å²) >= 11 is 0. The van der Waals surface area contributed by atoms with Crippen LogP contribution in [0.15, 0.2) is 60.7 Å². The van der Waals surface area contributed by atoms with Crippen LogP contribution in [0.4, 0.5) is 0 Å². The van der Waals surface area contributed by atoms with Crippen molar-refractivity contribution < 1.29 is 60.9 Å². The van der Waals surface area contributed by atoms with Gasteiger partial charge in [0.15, 0.2) is 0 Å². The Balaban J connectivity index is -0.0000000983. The molecule has 103 valence electrons. The topological polar surface area (TPSA) is 20.2 Å². The van der Waals surface area contributed by atoms with Gasteiger partial charge in [0.1, 0.15) is 0 Å². The van der Waals surface area contributed by atoms with Crippen LogP contribution in [0.2, 0.25) is 0 Å². The van der Waals surface area contributed by atoms with E-state index in [4.69, 9.17) is 5.11 Å². The van der Waals surface area contributed by atoms with E-state index in [1.165, 1.54) is 0 Å². The molecule has 5 heteroatoms. The van der Waals surface area contributed by atoms with E-state index < -0.39 is 0 Å². The second-order valence-electron chi connectivity index (χ2n) is 3.13. The molecule has 19 heavy (non-hydrogen) atoms. The average Bonchev–Trinajstić information content (AvgIpc) is 2.32. The molecule has 0 fully saturated rings. The van der Waals surface area contributed by atoms with Crippen LogP contribution in [0.5, 0.6) is 0 Å². The molecule has 0 amide bonds. The standard InChI is InChI=1S/C7H8O.C7H7.3ClH.V/c8-6-7-4-2-1-3-5-7;1-7-5-3-2-4-6-7;;;;/h1-5,8H,6H2;2-6H,1H2;3*1H;/q;-1;;;;+4/p-3. The van der Waals surface area contributed by atoms with Gasteiger partial charge in [0, 0.05) is 0 Å². The molecule has 0 unspecified atom stereocenters. The maximum absolute atomic E-state index is 8.54. The first-order chi connectivity index (χ1) is 7.33. The molecule has 0 saturated carbocycles. The number of aliphatic hydroxyl groups is 1. The fourth-order valence-corrected chi connectivity index (χ4v) is 1.06. The monoisotopic (exact) mass is 355 g/mol. The van der Waals surface area contributed by atoms with Crippen LogP contribution in [0.3, 0.4) is 0 Å². The second-order valence-corrected chi connectivity index (χ2v) is 3.13. The van der Waals surface area contributed by atoms with E-state index in [9.17, 15) is 0 Å². The molecule has 0 atom stereocenters. The van der Waals surface area contributed by atoms with Crippen molar-refractivity contribution in [3.8, 4) is 0 Å². The maximum atomic E-state index is 8.54. The minimum absolute atomic E-state index is 0. The van der Waals surface area contributed by atoms with Gasteiger partial charge < -0.3 is 42.3 Å². The molecular weight excluding hydrogens is 341 g/mol. The fourth-order valence-electron chi connectivity index (χ4n) is 1.06. The van der Waals surface area contributed by atoms with Crippen LogP contribution >= 0.6 is 0 Å². The van der Waals surface area contributed by atoms with Crippen molar-refractivity contribution in [2.45, 2.75) is 6.61 Å². The minimum Gasteiger partial charge on any atom is -1.00 e. The van der Waals surface area contributed by atoms with E-state index in [2.05, 4.69) is 6.92 Å². The molecule has 0 heterocycles. The number of halogens is 3. The zero-order valence-electron chi connectivity index (χ0n) is 10.2. The second kappa shape index (κ2) is 17.7. The summed E-state index contributed by atoms with van der Waals surface area (Å²) in [7, 11) is 0. The Labute approximate surface area is 145 Å². The van der Waals surface area contributed by atoms with Gasteiger partial charge in [0.2, 0.25) is 0 Å². The van der Waals surface area contributed by atoms with Gasteiger partial charge in [-0.15, -0.1) is 12.1 Å². The van der Waals surface area contributed by atoms with Crippen molar-refractivity contribution in [2.24, 2.45) is 0 Å². The summed E-state index contributed by atoms with van der Waals surface area (Å²) < 4.78 is 0. The fraction of sp³-hybridized carbons (Fsp3) is 0.0714. The molecule has 1 N–H and O–H groups in total. The van der Waals surface area contributed by atoms with Crippen molar-refractivity contribution in [3.05, 3.63) is 78.7 Å². The van der Waals surface area contributed by atoms with Gasteiger partial charge in [0.25, 0.3) is 0 Å². The van der Waals surface area contributed by atoms with E-state index in [-0.39, 0.29) is 62.4 Å². The number of benzene rings is 2. The largest absolute Gasteiger partial charge is 4.00 e. The molecule has 0 saturated heterocycles. The molecule has 0 aliphatic rings. The van der Waals surface area contributed by atoms with Crippen molar-refractivity contribution in [3.63, 3.8) is 0 Å². The molecular formula is C14H15Cl3OV. The van der Waals surface area contributed by atoms with Crippen molar-refractivity contribution >= 4 is 0 Å². The third kappa shape index (κ3) is 14.0. The van der Waals surface area contributed by atoms with Crippen LogP contribution in [0.25, 0.3) is 0 Å². The Morgan fingerprint density at radius 1 is 0.737 bits per heavy atom. The molecule has 1 radical (unpaired) electrons. The van der Waals surface area contributed by atoms with E-state index >= 15 is 0 Å². The predicted octanol–water partition coefficient (Wildman–Crippen LogP) is -5.94. The van der Waals surface area contributed by atoms with Crippen LogP contribution in [-0.4, -0.2) is 5.11 Å². The van der Waals surface area contributed by atoms with Gasteiger partial charge in [0.05, 0.1) is 6.61 Å². The molecule has 2 rings (SSSR count). The van der Waals surface area contributed by atoms with E-state index in [0.29, 0.717) is 0 Å².